The van der Waals surface area contributed by atoms with Crippen molar-refractivity contribution in [3.63, 3.8) is 0 Å². The van der Waals surface area contributed by atoms with Gasteiger partial charge in [0.2, 0.25) is 5.28 Å². The lowest BCUT2D eigenvalue weighted by Gasteiger charge is -2.03. The zero-order valence-electron chi connectivity index (χ0n) is 9.90. The summed E-state index contributed by atoms with van der Waals surface area (Å²) in [6.45, 7) is 4.06. The Morgan fingerprint density at radius 3 is 2.72 bits per heavy atom. The maximum atomic E-state index is 11.8. The summed E-state index contributed by atoms with van der Waals surface area (Å²) in [7, 11) is 0. The van der Waals surface area contributed by atoms with Gasteiger partial charge in [0.25, 0.3) is 5.91 Å². The Kier molecular flexibility index (Phi) is 3.88. The van der Waals surface area contributed by atoms with Gasteiger partial charge in [0.15, 0.2) is 0 Å². The second-order valence-electron chi connectivity index (χ2n) is 3.73. The lowest BCUT2D eigenvalue weighted by molar-refractivity contribution is 0.0945. The van der Waals surface area contributed by atoms with Crippen molar-refractivity contribution in [2.45, 2.75) is 20.4 Å². The summed E-state index contributed by atoms with van der Waals surface area (Å²) in [5.41, 5.74) is 1.87. The Bertz CT molecular complexity index is 564. The number of thiazole rings is 1. The third-order valence-electron chi connectivity index (χ3n) is 2.13. The Hall–Kier alpha value is -1.53. The van der Waals surface area contributed by atoms with Gasteiger partial charge in [-0.25, -0.2) is 15.0 Å². The van der Waals surface area contributed by atoms with Crippen molar-refractivity contribution in [2.75, 3.05) is 0 Å². The Balaban J connectivity index is 2.03. The third-order valence-corrected chi connectivity index (χ3v) is 3.26. The molecule has 0 aliphatic heterocycles. The van der Waals surface area contributed by atoms with Crippen LogP contribution in [0.1, 0.15) is 26.9 Å². The number of nitrogens with one attached hydrogen (secondary N) is 1. The number of hydrogen-bond acceptors (Lipinski definition) is 5. The van der Waals surface area contributed by atoms with Crippen molar-refractivity contribution < 1.29 is 4.79 Å². The van der Waals surface area contributed by atoms with E-state index in [2.05, 4.69) is 20.3 Å². The van der Waals surface area contributed by atoms with Crippen molar-refractivity contribution in [1.29, 1.82) is 0 Å². The van der Waals surface area contributed by atoms with Crippen molar-refractivity contribution in [2.24, 2.45) is 0 Å². The van der Waals surface area contributed by atoms with Crippen LogP contribution in [0.5, 0.6) is 0 Å². The van der Waals surface area contributed by atoms with Gasteiger partial charge in [0.05, 0.1) is 6.54 Å². The molecule has 18 heavy (non-hydrogen) atoms. The normalized spacial score (nSPS) is 10.4. The fourth-order valence-corrected chi connectivity index (χ4v) is 2.31. The zero-order valence-corrected chi connectivity index (χ0v) is 11.5. The highest BCUT2D eigenvalue weighted by Crippen LogP contribution is 2.09. The SMILES string of the molecule is Cc1cc(C(=O)NCc2nc(C)cs2)nc(Cl)n1. The lowest BCUT2D eigenvalue weighted by atomic mass is 10.3. The van der Waals surface area contributed by atoms with Gasteiger partial charge in [-0.2, -0.15) is 0 Å². The molecule has 0 aromatic carbocycles. The molecule has 2 aromatic heterocycles. The van der Waals surface area contributed by atoms with E-state index in [-0.39, 0.29) is 16.9 Å². The van der Waals surface area contributed by atoms with Gasteiger partial charge in [0.1, 0.15) is 10.7 Å². The zero-order chi connectivity index (χ0) is 13.1. The minimum atomic E-state index is -0.282. The predicted octanol–water partition coefficient (Wildman–Crippen LogP) is 2.13. The van der Waals surface area contributed by atoms with E-state index >= 15 is 0 Å². The van der Waals surface area contributed by atoms with E-state index in [4.69, 9.17) is 11.6 Å². The number of nitrogens with zero attached hydrogens (tertiary/aromatic N) is 3. The molecule has 0 unspecified atom stereocenters. The van der Waals surface area contributed by atoms with Gasteiger partial charge in [0, 0.05) is 16.8 Å². The molecular formula is C11H11ClN4OS. The fraction of sp³-hybridized carbons (Fsp3) is 0.273. The van der Waals surface area contributed by atoms with E-state index in [1.807, 2.05) is 12.3 Å². The van der Waals surface area contributed by atoms with Gasteiger partial charge in [-0.1, -0.05) is 0 Å². The highest BCUT2D eigenvalue weighted by Gasteiger charge is 2.10. The molecule has 0 saturated heterocycles. The molecule has 0 aliphatic carbocycles. The first-order chi connectivity index (χ1) is 8.54. The smallest absolute Gasteiger partial charge is 0.270 e. The van der Waals surface area contributed by atoms with Crippen LogP contribution >= 0.6 is 22.9 Å². The molecule has 5 nitrogen and oxygen atoms in total. The van der Waals surface area contributed by atoms with Crippen LogP contribution in [0.2, 0.25) is 5.28 Å². The summed E-state index contributed by atoms with van der Waals surface area (Å²) in [5, 5.41) is 5.61. The van der Waals surface area contributed by atoms with E-state index in [0.717, 1.165) is 10.7 Å². The maximum absolute atomic E-state index is 11.8. The highest BCUT2D eigenvalue weighted by atomic mass is 35.5. The number of amides is 1. The van der Waals surface area contributed by atoms with Gasteiger partial charge in [-0.3, -0.25) is 4.79 Å². The minimum Gasteiger partial charge on any atom is -0.344 e. The van der Waals surface area contributed by atoms with Crippen LogP contribution in [0.15, 0.2) is 11.4 Å². The molecule has 0 spiro atoms. The van der Waals surface area contributed by atoms with Crippen LogP contribution in [-0.2, 0) is 6.54 Å². The molecule has 2 rings (SSSR count). The van der Waals surface area contributed by atoms with Gasteiger partial charge < -0.3 is 5.32 Å². The minimum absolute atomic E-state index is 0.0743. The molecule has 1 amide bonds. The van der Waals surface area contributed by atoms with Gasteiger partial charge in [-0.15, -0.1) is 11.3 Å². The van der Waals surface area contributed by atoms with E-state index in [1.165, 1.54) is 11.3 Å². The number of carbonyl (C=O) groups is 1. The quantitative estimate of drug-likeness (QED) is 0.876. The maximum Gasteiger partial charge on any atom is 0.270 e. The average molecular weight is 283 g/mol. The van der Waals surface area contributed by atoms with E-state index < -0.39 is 0 Å². The van der Waals surface area contributed by atoms with Crippen molar-refractivity contribution in [3.8, 4) is 0 Å². The molecule has 1 N–H and O–H groups in total. The molecule has 94 valence electrons. The molecule has 0 radical (unpaired) electrons. The Labute approximate surface area is 113 Å². The highest BCUT2D eigenvalue weighted by molar-refractivity contribution is 7.09. The average Bonchev–Trinajstić information content (AvgIpc) is 2.70. The van der Waals surface area contributed by atoms with Crippen LogP contribution in [-0.4, -0.2) is 20.9 Å². The first-order valence-corrected chi connectivity index (χ1v) is 6.51. The third kappa shape index (κ3) is 3.24. The summed E-state index contributed by atoms with van der Waals surface area (Å²) in [5.74, 6) is -0.282. The first-order valence-electron chi connectivity index (χ1n) is 5.25. The largest absolute Gasteiger partial charge is 0.344 e. The number of carbonyl (C=O) groups excluding carboxylic acids is 1. The van der Waals surface area contributed by atoms with Crippen molar-refractivity contribution in [3.05, 3.63) is 38.8 Å². The molecule has 2 heterocycles. The van der Waals surface area contributed by atoms with Crippen molar-refractivity contribution >= 4 is 28.8 Å². The van der Waals surface area contributed by atoms with E-state index in [9.17, 15) is 4.79 Å². The number of aromatic nitrogens is 3. The lowest BCUT2D eigenvalue weighted by Crippen LogP contribution is -2.24. The predicted molar refractivity (Wildman–Crippen MR) is 69.8 cm³/mol. The fourth-order valence-electron chi connectivity index (χ4n) is 1.38. The van der Waals surface area contributed by atoms with Crippen LogP contribution in [0.25, 0.3) is 0 Å². The molecule has 0 bridgehead atoms. The molecule has 2 aromatic rings. The topological polar surface area (TPSA) is 67.8 Å². The summed E-state index contributed by atoms with van der Waals surface area (Å²) >= 11 is 7.21. The Morgan fingerprint density at radius 2 is 2.11 bits per heavy atom. The van der Waals surface area contributed by atoms with Crippen LogP contribution in [0.3, 0.4) is 0 Å². The van der Waals surface area contributed by atoms with Gasteiger partial charge in [-0.05, 0) is 31.5 Å². The molecule has 0 fully saturated rings. The summed E-state index contributed by atoms with van der Waals surface area (Å²) in [6, 6.07) is 1.59. The molecule has 7 heteroatoms. The van der Waals surface area contributed by atoms with Gasteiger partial charge >= 0.3 is 0 Å². The molecule has 0 saturated carbocycles. The Morgan fingerprint density at radius 1 is 1.33 bits per heavy atom. The van der Waals surface area contributed by atoms with Crippen LogP contribution in [0.4, 0.5) is 0 Å². The van der Waals surface area contributed by atoms with E-state index in [0.29, 0.717) is 12.2 Å². The number of hydrogen-bond donors (Lipinski definition) is 1. The monoisotopic (exact) mass is 282 g/mol. The van der Waals surface area contributed by atoms with Crippen LogP contribution < -0.4 is 5.32 Å². The second-order valence-corrected chi connectivity index (χ2v) is 5.01. The number of rotatable bonds is 3. The molecule has 0 atom stereocenters. The van der Waals surface area contributed by atoms with E-state index in [1.54, 1.807) is 13.0 Å². The first kappa shape index (κ1) is 12.9. The standard InChI is InChI=1S/C11H11ClN4OS/c1-6-3-8(16-11(12)15-6)10(17)13-4-9-14-7(2)5-18-9/h3,5H,4H2,1-2H3,(H,13,17). The second kappa shape index (κ2) is 5.41. The summed E-state index contributed by atoms with van der Waals surface area (Å²) in [6.07, 6.45) is 0. The number of aryl methyl sites for hydroxylation is 2. The van der Waals surface area contributed by atoms with Crippen LogP contribution in [0, 0.1) is 13.8 Å². The van der Waals surface area contributed by atoms with Crippen molar-refractivity contribution in [1.82, 2.24) is 20.3 Å². The summed E-state index contributed by atoms with van der Waals surface area (Å²) in [4.78, 5) is 23.9. The number of halogens is 1. The molecular weight excluding hydrogens is 272 g/mol. The summed E-state index contributed by atoms with van der Waals surface area (Å²) < 4.78 is 0. The molecule has 0 aliphatic rings.